The number of sulfonamides is 1. The summed E-state index contributed by atoms with van der Waals surface area (Å²) in [6.07, 6.45) is 10.3. The van der Waals surface area contributed by atoms with Crippen molar-refractivity contribution in [1.29, 1.82) is 0 Å². The maximum Gasteiger partial charge on any atom is 0.212 e. The van der Waals surface area contributed by atoms with Crippen LogP contribution < -0.4 is 10.0 Å². The summed E-state index contributed by atoms with van der Waals surface area (Å²) in [6, 6.07) is 0.472. The maximum atomic E-state index is 12.1. The Morgan fingerprint density at radius 2 is 1.87 bits per heavy atom. The molecule has 4 rings (SSSR count). The molecule has 0 unspecified atom stereocenters. The summed E-state index contributed by atoms with van der Waals surface area (Å²) in [4.78, 5) is 0. The molecule has 0 aromatic heterocycles. The molecule has 0 amide bonds. The number of nitrogens with one attached hydrogen (secondary N) is 2. The highest BCUT2D eigenvalue weighted by atomic mass is 32.2. The molecule has 1 aliphatic heterocycles. The second-order valence-corrected chi connectivity index (χ2v) is 10.0. The zero-order valence-electron chi connectivity index (χ0n) is 13.9. The molecule has 132 valence electrons. The van der Waals surface area contributed by atoms with Gasteiger partial charge in [-0.1, -0.05) is 19.3 Å². The number of ether oxygens (including phenoxy) is 1. The van der Waals surface area contributed by atoms with Crippen molar-refractivity contribution in [3.8, 4) is 0 Å². The lowest BCUT2D eigenvalue weighted by Gasteiger charge is -2.57. The Kier molecular flexibility index (Phi) is 4.45. The van der Waals surface area contributed by atoms with Crippen LogP contribution in [-0.2, 0) is 14.8 Å². The Balaban J connectivity index is 1.27. The Morgan fingerprint density at radius 1 is 1.09 bits per heavy atom. The second-order valence-electron chi connectivity index (χ2n) is 8.08. The van der Waals surface area contributed by atoms with E-state index in [-0.39, 0.29) is 5.75 Å². The SMILES string of the molecule is O=S(=O)(CCN[C@@H]1[C@H]2CCO[C@@H]2C12CCCC2)NCC1CCC1. The third-order valence-corrected chi connectivity index (χ3v) is 8.19. The number of hydrogen-bond acceptors (Lipinski definition) is 4. The van der Waals surface area contributed by atoms with Crippen molar-refractivity contribution >= 4 is 10.0 Å². The van der Waals surface area contributed by atoms with Crippen LogP contribution in [0.25, 0.3) is 0 Å². The zero-order chi connectivity index (χ0) is 15.9. The average Bonchev–Trinajstić information content (AvgIpc) is 3.10. The van der Waals surface area contributed by atoms with E-state index in [9.17, 15) is 8.42 Å². The van der Waals surface area contributed by atoms with E-state index in [2.05, 4.69) is 10.0 Å². The first-order valence-electron chi connectivity index (χ1n) is 9.43. The minimum atomic E-state index is -3.13. The van der Waals surface area contributed by atoms with E-state index in [4.69, 9.17) is 4.74 Å². The van der Waals surface area contributed by atoms with E-state index in [1.165, 1.54) is 44.9 Å². The molecule has 23 heavy (non-hydrogen) atoms. The van der Waals surface area contributed by atoms with E-state index >= 15 is 0 Å². The quantitative estimate of drug-likeness (QED) is 0.738. The van der Waals surface area contributed by atoms with Gasteiger partial charge in [0.15, 0.2) is 0 Å². The smallest absolute Gasteiger partial charge is 0.212 e. The molecular formula is C17H30N2O3S. The first-order chi connectivity index (χ1) is 11.1. The van der Waals surface area contributed by atoms with Crippen molar-refractivity contribution in [3.63, 3.8) is 0 Å². The molecule has 1 spiro atoms. The molecule has 1 heterocycles. The summed E-state index contributed by atoms with van der Waals surface area (Å²) in [5, 5.41) is 3.60. The molecule has 5 nitrogen and oxygen atoms in total. The largest absolute Gasteiger partial charge is 0.377 e. The van der Waals surface area contributed by atoms with Gasteiger partial charge in [0.25, 0.3) is 0 Å². The summed E-state index contributed by atoms with van der Waals surface area (Å²) in [6.45, 7) is 2.08. The van der Waals surface area contributed by atoms with Crippen LogP contribution in [-0.4, -0.2) is 46.0 Å². The molecule has 3 atom stereocenters. The van der Waals surface area contributed by atoms with E-state index in [1.54, 1.807) is 0 Å². The Hall–Kier alpha value is -0.170. The van der Waals surface area contributed by atoms with Crippen molar-refractivity contribution in [2.45, 2.75) is 63.5 Å². The van der Waals surface area contributed by atoms with E-state index in [0.29, 0.717) is 42.5 Å². The van der Waals surface area contributed by atoms with Crippen LogP contribution in [0.4, 0.5) is 0 Å². The molecule has 1 saturated heterocycles. The standard InChI is InChI=1S/C17H30N2O3S/c20-23(21,19-12-13-4-3-5-13)11-9-18-15-14-6-10-22-16(14)17(15)7-1-2-8-17/h13-16,18-19H,1-12H2/t14-,15-,16+/m1/s1. The topological polar surface area (TPSA) is 67.4 Å². The summed E-state index contributed by atoms with van der Waals surface area (Å²) in [7, 11) is -3.13. The highest BCUT2D eigenvalue weighted by Gasteiger charge is 2.64. The van der Waals surface area contributed by atoms with Crippen LogP contribution in [0, 0.1) is 17.3 Å². The van der Waals surface area contributed by atoms with Gasteiger partial charge in [-0.05, 0) is 38.0 Å². The van der Waals surface area contributed by atoms with E-state index in [0.717, 1.165) is 13.0 Å². The zero-order valence-corrected chi connectivity index (χ0v) is 14.7. The molecule has 2 N–H and O–H groups in total. The molecule has 3 aliphatic carbocycles. The fourth-order valence-corrected chi connectivity index (χ4v) is 6.39. The number of fused-ring (bicyclic) bond motifs is 2. The molecule has 0 aromatic rings. The molecule has 0 aromatic carbocycles. The van der Waals surface area contributed by atoms with E-state index < -0.39 is 10.0 Å². The third kappa shape index (κ3) is 2.96. The highest BCUT2D eigenvalue weighted by molar-refractivity contribution is 7.89. The predicted octanol–water partition coefficient (Wildman–Crippen LogP) is 1.64. The monoisotopic (exact) mass is 342 g/mol. The lowest BCUT2D eigenvalue weighted by molar-refractivity contribution is -0.129. The lowest BCUT2D eigenvalue weighted by Crippen LogP contribution is -2.67. The van der Waals surface area contributed by atoms with Gasteiger partial charge in [-0.3, -0.25) is 0 Å². The maximum absolute atomic E-state index is 12.1. The highest BCUT2D eigenvalue weighted by Crippen LogP contribution is 2.60. The second kappa shape index (κ2) is 6.28. The Labute approximate surface area is 140 Å². The van der Waals surface area contributed by atoms with E-state index in [1.807, 2.05) is 0 Å². The minimum Gasteiger partial charge on any atom is -0.377 e. The van der Waals surface area contributed by atoms with Gasteiger partial charge in [0.05, 0.1) is 11.9 Å². The van der Waals surface area contributed by atoms with Crippen LogP contribution in [0.5, 0.6) is 0 Å². The van der Waals surface area contributed by atoms with Gasteiger partial charge in [0, 0.05) is 37.1 Å². The molecule has 6 heteroatoms. The molecule has 4 fully saturated rings. The molecule has 4 aliphatic rings. The number of rotatable bonds is 7. The van der Waals surface area contributed by atoms with Gasteiger partial charge in [0.1, 0.15) is 0 Å². The fraction of sp³-hybridized carbons (Fsp3) is 1.00. The Bertz CT molecular complexity index is 526. The average molecular weight is 343 g/mol. The van der Waals surface area contributed by atoms with Gasteiger partial charge >= 0.3 is 0 Å². The van der Waals surface area contributed by atoms with Gasteiger partial charge in [-0.25, -0.2) is 13.1 Å². The van der Waals surface area contributed by atoms with Crippen LogP contribution in [0.1, 0.15) is 51.4 Å². The fourth-order valence-electron chi connectivity index (χ4n) is 5.37. The van der Waals surface area contributed by atoms with Crippen molar-refractivity contribution in [2.75, 3.05) is 25.4 Å². The van der Waals surface area contributed by atoms with Gasteiger partial charge in [0.2, 0.25) is 10.0 Å². The first-order valence-corrected chi connectivity index (χ1v) is 11.1. The Morgan fingerprint density at radius 3 is 2.57 bits per heavy atom. The first kappa shape index (κ1) is 16.3. The van der Waals surface area contributed by atoms with Crippen LogP contribution >= 0.6 is 0 Å². The van der Waals surface area contributed by atoms with Crippen molar-refractivity contribution in [3.05, 3.63) is 0 Å². The minimum absolute atomic E-state index is 0.199. The molecular weight excluding hydrogens is 312 g/mol. The van der Waals surface area contributed by atoms with Gasteiger partial charge in [-0.2, -0.15) is 0 Å². The summed E-state index contributed by atoms with van der Waals surface area (Å²) in [5.41, 5.74) is 0.310. The molecule has 0 radical (unpaired) electrons. The normalized spacial score (nSPS) is 35.9. The lowest BCUT2D eigenvalue weighted by atomic mass is 9.54. The predicted molar refractivity (Wildman–Crippen MR) is 89.7 cm³/mol. The van der Waals surface area contributed by atoms with Gasteiger partial charge < -0.3 is 10.1 Å². The van der Waals surface area contributed by atoms with Crippen LogP contribution in [0.2, 0.25) is 0 Å². The summed E-state index contributed by atoms with van der Waals surface area (Å²) < 4.78 is 33.0. The third-order valence-electron chi connectivity index (χ3n) is 6.84. The van der Waals surface area contributed by atoms with Crippen molar-refractivity contribution in [2.24, 2.45) is 17.3 Å². The van der Waals surface area contributed by atoms with Crippen molar-refractivity contribution in [1.82, 2.24) is 10.0 Å². The van der Waals surface area contributed by atoms with Crippen LogP contribution in [0.15, 0.2) is 0 Å². The van der Waals surface area contributed by atoms with Crippen LogP contribution in [0.3, 0.4) is 0 Å². The molecule has 3 saturated carbocycles. The van der Waals surface area contributed by atoms with Gasteiger partial charge in [-0.15, -0.1) is 0 Å². The van der Waals surface area contributed by atoms with Crippen molar-refractivity contribution < 1.29 is 13.2 Å². The summed E-state index contributed by atoms with van der Waals surface area (Å²) in [5.74, 6) is 1.38. The summed E-state index contributed by atoms with van der Waals surface area (Å²) >= 11 is 0. The number of hydrogen-bond donors (Lipinski definition) is 2. The molecule has 0 bridgehead atoms.